The Balaban J connectivity index is 1.84. The van der Waals surface area contributed by atoms with Crippen LogP contribution in [0, 0.1) is 5.82 Å². The van der Waals surface area contributed by atoms with E-state index in [2.05, 4.69) is 5.32 Å². The maximum atomic E-state index is 13.6. The van der Waals surface area contributed by atoms with Crippen LogP contribution >= 0.6 is 0 Å². The summed E-state index contributed by atoms with van der Waals surface area (Å²) in [5.74, 6) is -0.360. The van der Waals surface area contributed by atoms with Gasteiger partial charge >= 0.3 is 0 Å². The number of amides is 1. The van der Waals surface area contributed by atoms with E-state index >= 15 is 0 Å². The quantitative estimate of drug-likeness (QED) is 0.882. The van der Waals surface area contributed by atoms with Crippen LogP contribution in [0.15, 0.2) is 42.5 Å². The van der Waals surface area contributed by atoms with Crippen LogP contribution in [0.2, 0.25) is 0 Å². The molecule has 1 N–H and O–H groups in total. The van der Waals surface area contributed by atoms with Crippen molar-refractivity contribution in [3.63, 3.8) is 0 Å². The van der Waals surface area contributed by atoms with Gasteiger partial charge in [-0.2, -0.15) is 0 Å². The van der Waals surface area contributed by atoms with Gasteiger partial charge in [0, 0.05) is 12.0 Å². The molecule has 106 valence electrons. The van der Waals surface area contributed by atoms with Gasteiger partial charge in [0.25, 0.3) is 5.91 Å². The van der Waals surface area contributed by atoms with E-state index in [9.17, 15) is 14.0 Å². The Kier molecular flexibility index (Phi) is 3.39. The number of Topliss-reactive ketones (excluding diaryl/α,β-unsaturated/α-hetero) is 1. The molecule has 1 heterocycles. The van der Waals surface area contributed by atoms with Crippen LogP contribution in [-0.4, -0.2) is 18.3 Å². The molecule has 0 unspecified atom stereocenters. The number of carbonyl (C=O) groups is 2. The Morgan fingerprint density at radius 1 is 1.24 bits per heavy atom. The lowest BCUT2D eigenvalue weighted by molar-refractivity contribution is -0.118. The molecule has 3 rings (SSSR count). The summed E-state index contributed by atoms with van der Waals surface area (Å²) in [5, 5.41) is 2.64. The van der Waals surface area contributed by atoms with Crippen molar-refractivity contribution in [2.75, 3.05) is 11.9 Å². The highest BCUT2D eigenvalue weighted by Crippen LogP contribution is 2.29. The van der Waals surface area contributed by atoms with Gasteiger partial charge in [-0.25, -0.2) is 4.39 Å². The topological polar surface area (TPSA) is 55.4 Å². The van der Waals surface area contributed by atoms with Gasteiger partial charge in [-0.3, -0.25) is 9.59 Å². The summed E-state index contributed by atoms with van der Waals surface area (Å²) in [7, 11) is 0. The SMILES string of the molecule is O=C1COc2ccc(C(=O)Cc3ccccc3F)cc2N1. The number of carbonyl (C=O) groups excluding carboxylic acids is 2. The highest BCUT2D eigenvalue weighted by atomic mass is 19.1. The molecule has 0 aliphatic carbocycles. The van der Waals surface area contributed by atoms with E-state index in [0.717, 1.165) is 0 Å². The van der Waals surface area contributed by atoms with Crippen molar-refractivity contribution in [3.05, 3.63) is 59.4 Å². The van der Waals surface area contributed by atoms with Crippen molar-refractivity contribution in [3.8, 4) is 5.75 Å². The largest absolute Gasteiger partial charge is 0.482 e. The van der Waals surface area contributed by atoms with Gasteiger partial charge in [-0.1, -0.05) is 18.2 Å². The third-order valence-electron chi connectivity index (χ3n) is 3.24. The monoisotopic (exact) mass is 285 g/mol. The molecule has 5 heteroatoms. The number of fused-ring (bicyclic) bond motifs is 1. The molecule has 0 saturated carbocycles. The summed E-state index contributed by atoms with van der Waals surface area (Å²) >= 11 is 0. The lowest BCUT2D eigenvalue weighted by Crippen LogP contribution is -2.25. The molecule has 21 heavy (non-hydrogen) atoms. The second kappa shape index (κ2) is 5.36. The number of ether oxygens (including phenoxy) is 1. The van der Waals surface area contributed by atoms with Gasteiger partial charge in [0.1, 0.15) is 11.6 Å². The second-order valence-electron chi connectivity index (χ2n) is 4.74. The van der Waals surface area contributed by atoms with Crippen LogP contribution in [0.4, 0.5) is 10.1 Å². The zero-order chi connectivity index (χ0) is 14.8. The first-order valence-corrected chi connectivity index (χ1v) is 6.47. The molecule has 1 aliphatic heterocycles. The van der Waals surface area contributed by atoms with E-state index in [1.165, 1.54) is 6.07 Å². The summed E-state index contributed by atoms with van der Waals surface area (Å²) in [6, 6.07) is 11.0. The Hall–Kier alpha value is -2.69. The average Bonchev–Trinajstić information content (AvgIpc) is 2.48. The third kappa shape index (κ3) is 2.76. The predicted molar refractivity (Wildman–Crippen MR) is 75.0 cm³/mol. The molecule has 0 fully saturated rings. The van der Waals surface area contributed by atoms with Crippen molar-refractivity contribution < 1.29 is 18.7 Å². The highest BCUT2D eigenvalue weighted by Gasteiger charge is 2.18. The standard InChI is InChI=1S/C16H12FNO3/c17-12-4-2-1-3-10(12)8-14(19)11-5-6-15-13(7-11)18-16(20)9-21-15/h1-7H,8-9H2,(H,18,20). The van der Waals surface area contributed by atoms with Crippen molar-refractivity contribution in [2.24, 2.45) is 0 Å². The first-order chi connectivity index (χ1) is 10.1. The molecule has 0 radical (unpaired) electrons. The van der Waals surface area contributed by atoms with Crippen LogP contribution in [0.5, 0.6) is 5.75 Å². The minimum absolute atomic E-state index is 0.0275. The van der Waals surface area contributed by atoms with Gasteiger partial charge in [-0.15, -0.1) is 0 Å². The van der Waals surface area contributed by atoms with E-state index in [1.807, 2.05) is 0 Å². The van der Waals surface area contributed by atoms with E-state index in [1.54, 1.807) is 36.4 Å². The maximum absolute atomic E-state index is 13.6. The number of nitrogens with one attached hydrogen (secondary N) is 1. The molecule has 1 aliphatic rings. The number of halogens is 1. The number of anilines is 1. The van der Waals surface area contributed by atoms with Crippen LogP contribution in [0.1, 0.15) is 15.9 Å². The minimum Gasteiger partial charge on any atom is -0.482 e. The van der Waals surface area contributed by atoms with Crippen LogP contribution in [-0.2, 0) is 11.2 Å². The first kappa shape index (κ1) is 13.3. The molecule has 1 amide bonds. The molecule has 2 aromatic rings. The van der Waals surface area contributed by atoms with Gasteiger partial charge < -0.3 is 10.1 Å². The Labute approximate surface area is 120 Å². The highest BCUT2D eigenvalue weighted by molar-refractivity contribution is 6.01. The molecule has 0 saturated heterocycles. The summed E-state index contributed by atoms with van der Waals surface area (Å²) in [4.78, 5) is 23.5. The number of hydrogen-bond donors (Lipinski definition) is 1. The second-order valence-corrected chi connectivity index (χ2v) is 4.74. The van der Waals surface area contributed by atoms with Crippen LogP contribution in [0.3, 0.4) is 0 Å². The Morgan fingerprint density at radius 2 is 2.05 bits per heavy atom. The van der Waals surface area contributed by atoms with Crippen LogP contribution in [0.25, 0.3) is 0 Å². The molecule has 0 spiro atoms. The molecule has 2 aromatic carbocycles. The zero-order valence-electron chi connectivity index (χ0n) is 11.1. The number of rotatable bonds is 3. The lowest BCUT2D eigenvalue weighted by Gasteiger charge is -2.18. The molecular formula is C16H12FNO3. The smallest absolute Gasteiger partial charge is 0.262 e. The lowest BCUT2D eigenvalue weighted by atomic mass is 10.0. The predicted octanol–water partition coefficient (Wildman–Crippen LogP) is 2.58. The van der Waals surface area contributed by atoms with Crippen molar-refractivity contribution >= 4 is 17.4 Å². The molecular weight excluding hydrogens is 273 g/mol. The minimum atomic E-state index is -0.402. The maximum Gasteiger partial charge on any atom is 0.262 e. The molecule has 0 aromatic heterocycles. The van der Waals surface area contributed by atoms with E-state index in [4.69, 9.17) is 4.74 Å². The van der Waals surface area contributed by atoms with E-state index < -0.39 is 5.82 Å². The Morgan fingerprint density at radius 3 is 2.86 bits per heavy atom. The zero-order valence-corrected chi connectivity index (χ0v) is 11.1. The fourth-order valence-corrected chi connectivity index (χ4v) is 2.17. The van der Waals surface area contributed by atoms with Crippen molar-refractivity contribution in [2.45, 2.75) is 6.42 Å². The summed E-state index contributed by atoms with van der Waals surface area (Å²) in [5.41, 5.74) is 1.22. The molecule has 0 atom stereocenters. The van der Waals surface area contributed by atoms with Gasteiger partial charge in [0.05, 0.1) is 5.69 Å². The summed E-state index contributed by atoms with van der Waals surface area (Å²) < 4.78 is 18.8. The van der Waals surface area contributed by atoms with Crippen molar-refractivity contribution in [1.29, 1.82) is 0 Å². The van der Waals surface area contributed by atoms with Gasteiger partial charge in [0.15, 0.2) is 12.4 Å². The molecule has 4 nitrogen and oxygen atoms in total. The number of hydrogen-bond acceptors (Lipinski definition) is 3. The third-order valence-corrected chi connectivity index (χ3v) is 3.24. The average molecular weight is 285 g/mol. The van der Waals surface area contributed by atoms with Gasteiger partial charge in [-0.05, 0) is 29.8 Å². The number of ketones is 1. The number of benzene rings is 2. The summed E-state index contributed by atoms with van der Waals surface area (Å²) in [6.45, 7) is -0.0322. The van der Waals surface area contributed by atoms with Crippen LogP contribution < -0.4 is 10.1 Å². The molecule has 0 bridgehead atoms. The summed E-state index contributed by atoms with van der Waals surface area (Å²) in [6.07, 6.45) is -0.0275. The van der Waals surface area contributed by atoms with Crippen molar-refractivity contribution in [1.82, 2.24) is 0 Å². The van der Waals surface area contributed by atoms with Gasteiger partial charge in [0.2, 0.25) is 0 Å². The van der Waals surface area contributed by atoms with E-state index in [0.29, 0.717) is 22.6 Å². The normalized spacial score (nSPS) is 13.1. The van der Waals surface area contributed by atoms with E-state index in [-0.39, 0.29) is 24.7 Å². The Bertz CT molecular complexity index is 727. The first-order valence-electron chi connectivity index (χ1n) is 6.47. The fourth-order valence-electron chi connectivity index (χ4n) is 2.17. The fraction of sp³-hybridized carbons (Fsp3) is 0.125.